The highest BCUT2D eigenvalue weighted by atomic mass is 19.4. The Kier molecular flexibility index (Phi) is 8.11. The number of ether oxygens (including phenoxy) is 1. The molecule has 1 unspecified atom stereocenters. The van der Waals surface area contributed by atoms with Crippen LogP contribution < -0.4 is 10.1 Å². The number of carboxylic acids is 1. The predicted octanol–water partition coefficient (Wildman–Crippen LogP) is 6.75. The van der Waals surface area contributed by atoms with Gasteiger partial charge < -0.3 is 15.2 Å². The Morgan fingerprint density at radius 1 is 0.816 bits per heavy atom. The standard InChI is InChI=1S/C30H24F3NO4/c31-30(32,33)26-19-23(13-16-25(26)20-7-3-1-4-8-20)28(21-9-5-2-6-10-21)38-24-14-11-22(12-15-24)29(37)34-18-17-27(35)36/h1-16,19,28H,17-18H2,(H,34,37)(H,35,36). The number of aliphatic carboxylic acids is 1. The summed E-state index contributed by atoms with van der Waals surface area (Å²) in [5.74, 6) is -1.11. The lowest BCUT2D eigenvalue weighted by Crippen LogP contribution is -2.25. The van der Waals surface area contributed by atoms with Crippen LogP contribution >= 0.6 is 0 Å². The fraction of sp³-hybridized carbons (Fsp3) is 0.133. The summed E-state index contributed by atoms with van der Waals surface area (Å²) >= 11 is 0. The lowest BCUT2D eigenvalue weighted by Gasteiger charge is -2.23. The predicted molar refractivity (Wildman–Crippen MR) is 137 cm³/mol. The van der Waals surface area contributed by atoms with E-state index < -0.39 is 29.7 Å². The number of halogens is 3. The Hall–Kier alpha value is -4.59. The normalized spacial score (nSPS) is 12.0. The third kappa shape index (κ3) is 6.59. The summed E-state index contributed by atoms with van der Waals surface area (Å²) in [5.41, 5.74) is 1.04. The average Bonchev–Trinajstić information content (AvgIpc) is 2.92. The smallest absolute Gasteiger partial charge is 0.417 e. The highest BCUT2D eigenvalue weighted by Crippen LogP contribution is 2.40. The molecule has 2 N–H and O–H groups in total. The van der Waals surface area contributed by atoms with Gasteiger partial charge in [-0.15, -0.1) is 0 Å². The molecule has 4 rings (SSSR count). The lowest BCUT2D eigenvalue weighted by atomic mass is 9.93. The molecule has 0 saturated carbocycles. The number of benzene rings is 4. The van der Waals surface area contributed by atoms with E-state index in [4.69, 9.17) is 9.84 Å². The molecule has 0 saturated heterocycles. The number of hydrogen-bond acceptors (Lipinski definition) is 3. The van der Waals surface area contributed by atoms with Crippen molar-refractivity contribution in [2.75, 3.05) is 6.54 Å². The van der Waals surface area contributed by atoms with Gasteiger partial charge in [0, 0.05) is 12.1 Å². The molecule has 0 aliphatic rings. The number of hydrogen-bond donors (Lipinski definition) is 2. The van der Waals surface area contributed by atoms with Gasteiger partial charge in [-0.25, -0.2) is 0 Å². The van der Waals surface area contributed by atoms with Crippen LogP contribution in [-0.2, 0) is 11.0 Å². The number of rotatable bonds is 9. The number of carboxylic acid groups (broad SMARTS) is 1. The number of nitrogens with one attached hydrogen (secondary N) is 1. The Bertz CT molecular complexity index is 1390. The van der Waals surface area contributed by atoms with Crippen molar-refractivity contribution < 1.29 is 32.6 Å². The summed E-state index contributed by atoms with van der Waals surface area (Å²) in [6.07, 6.45) is -5.63. The van der Waals surface area contributed by atoms with E-state index in [1.54, 1.807) is 78.9 Å². The van der Waals surface area contributed by atoms with Crippen molar-refractivity contribution in [3.8, 4) is 16.9 Å². The fourth-order valence-corrected chi connectivity index (χ4v) is 3.99. The minimum atomic E-state index is -4.59. The van der Waals surface area contributed by atoms with Crippen LogP contribution in [0.5, 0.6) is 5.75 Å². The van der Waals surface area contributed by atoms with Crippen LogP contribution in [0.4, 0.5) is 13.2 Å². The molecule has 0 bridgehead atoms. The van der Waals surface area contributed by atoms with Gasteiger partial charge in [0.2, 0.25) is 0 Å². The Labute approximate surface area is 217 Å². The van der Waals surface area contributed by atoms with E-state index in [9.17, 15) is 22.8 Å². The van der Waals surface area contributed by atoms with Gasteiger partial charge in [0.1, 0.15) is 11.9 Å². The Balaban J connectivity index is 1.65. The molecule has 5 nitrogen and oxygen atoms in total. The maximum atomic E-state index is 14.1. The van der Waals surface area contributed by atoms with E-state index >= 15 is 0 Å². The zero-order chi connectivity index (χ0) is 27.1. The van der Waals surface area contributed by atoms with E-state index in [2.05, 4.69) is 5.32 Å². The van der Waals surface area contributed by atoms with Crippen LogP contribution in [0.1, 0.15) is 39.6 Å². The molecule has 4 aromatic rings. The van der Waals surface area contributed by atoms with Crippen LogP contribution in [0, 0.1) is 0 Å². The largest absolute Gasteiger partial charge is 0.481 e. The van der Waals surface area contributed by atoms with E-state index in [1.165, 1.54) is 18.2 Å². The molecule has 0 aliphatic heterocycles. The molecule has 0 spiro atoms. The summed E-state index contributed by atoms with van der Waals surface area (Å²) in [7, 11) is 0. The second-order valence-electron chi connectivity index (χ2n) is 8.50. The first kappa shape index (κ1) is 26.5. The van der Waals surface area contributed by atoms with Crippen LogP contribution in [0.25, 0.3) is 11.1 Å². The maximum Gasteiger partial charge on any atom is 0.417 e. The summed E-state index contributed by atoms with van der Waals surface area (Å²) in [6, 6.07) is 27.6. The summed E-state index contributed by atoms with van der Waals surface area (Å²) in [6.45, 7) is -0.0109. The third-order valence-electron chi connectivity index (χ3n) is 5.83. The third-order valence-corrected chi connectivity index (χ3v) is 5.83. The Morgan fingerprint density at radius 2 is 1.45 bits per heavy atom. The average molecular weight is 520 g/mol. The van der Waals surface area contributed by atoms with Gasteiger partial charge in [0.25, 0.3) is 5.91 Å². The molecule has 0 heterocycles. The molecular formula is C30H24F3NO4. The fourth-order valence-electron chi connectivity index (χ4n) is 3.99. The lowest BCUT2D eigenvalue weighted by molar-refractivity contribution is -0.137. The first-order valence-corrected chi connectivity index (χ1v) is 11.8. The summed E-state index contributed by atoms with van der Waals surface area (Å²) in [4.78, 5) is 22.9. The van der Waals surface area contributed by atoms with Crippen molar-refractivity contribution in [2.45, 2.75) is 18.7 Å². The monoisotopic (exact) mass is 519 g/mol. The molecule has 0 aromatic heterocycles. The maximum absolute atomic E-state index is 14.1. The van der Waals surface area contributed by atoms with Gasteiger partial charge >= 0.3 is 12.1 Å². The van der Waals surface area contributed by atoms with Crippen molar-refractivity contribution in [1.82, 2.24) is 5.32 Å². The number of carbonyl (C=O) groups excluding carboxylic acids is 1. The number of carbonyl (C=O) groups is 2. The SMILES string of the molecule is O=C(O)CCNC(=O)c1ccc(OC(c2ccccc2)c2ccc(-c3ccccc3)c(C(F)(F)F)c2)cc1. The topological polar surface area (TPSA) is 75.6 Å². The van der Waals surface area contributed by atoms with Crippen molar-refractivity contribution in [2.24, 2.45) is 0 Å². The van der Waals surface area contributed by atoms with Gasteiger partial charge in [-0.3, -0.25) is 9.59 Å². The molecule has 1 atom stereocenters. The first-order valence-electron chi connectivity index (χ1n) is 11.8. The van der Waals surface area contributed by atoms with Gasteiger partial charge in [0.15, 0.2) is 0 Å². The van der Waals surface area contributed by atoms with Crippen molar-refractivity contribution >= 4 is 11.9 Å². The molecule has 4 aromatic carbocycles. The molecule has 0 fully saturated rings. The van der Waals surface area contributed by atoms with Gasteiger partial charge in [-0.05, 0) is 52.6 Å². The molecule has 0 aliphatic carbocycles. The molecule has 0 radical (unpaired) electrons. The van der Waals surface area contributed by atoms with Crippen LogP contribution in [0.15, 0.2) is 103 Å². The first-order chi connectivity index (χ1) is 18.2. The minimum absolute atomic E-state index is 0.0109. The number of amides is 1. The van der Waals surface area contributed by atoms with Crippen molar-refractivity contribution in [3.63, 3.8) is 0 Å². The Morgan fingerprint density at radius 3 is 2.05 bits per heavy atom. The molecule has 38 heavy (non-hydrogen) atoms. The zero-order valence-electron chi connectivity index (χ0n) is 20.1. The summed E-state index contributed by atoms with van der Waals surface area (Å²) < 4.78 is 48.6. The number of alkyl halides is 3. The minimum Gasteiger partial charge on any atom is -0.481 e. The van der Waals surface area contributed by atoms with Crippen molar-refractivity contribution in [3.05, 3.63) is 125 Å². The van der Waals surface area contributed by atoms with Crippen molar-refractivity contribution in [1.29, 1.82) is 0 Å². The quantitative estimate of drug-likeness (QED) is 0.257. The van der Waals surface area contributed by atoms with Crippen LogP contribution in [-0.4, -0.2) is 23.5 Å². The molecule has 1 amide bonds. The van der Waals surface area contributed by atoms with E-state index in [0.717, 1.165) is 6.07 Å². The van der Waals surface area contributed by atoms with E-state index in [-0.39, 0.29) is 18.5 Å². The molecule has 194 valence electrons. The van der Waals surface area contributed by atoms with Gasteiger partial charge in [0.05, 0.1) is 12.0 Å². The second kappa shape index (κ2) is 11.6. The molecular weight excluding hydrogens is 495 g/mol. The second-order valence-corrected chi connectivity index (χ2v) is 8.50. The van der Waals surface area contributed by atoms with E-state index in [0.29, 0.717) is 28.0 Å². The van der Waals surface area contributed by atoms with Gasteiger partial charge in [-0.2, -0.15) is 13.2 Å². The van der Waals surface area contributed by atoms with Gasteiger partial charge in [-0.1, -0.05) is 72.8 Å². The highest BCUT2D eigenvalue weighted by Gasteiger charge is 2.35. The zero-order valence-corrected chi connectivity index (χ0v) is 20.1. The van der Waals surface area contributed by atoms with Crippen LogP contribution in [0.2, 0.25) is 0 Å². The van der Waals surface area contributed by atoms with Crippen LogP contribution in [0.3, 0.4) is 0 Å². The van der Waals surface area contributed by atoms with E-state index in [1.807, 2.05) is 0 Å². The summed E-state index contributed by atoms with van der Waals surface area (Å²) in [5, 5.41) is 11.2. The highest BCUT2D eigenvalue weighted by molar-refractivity contribution is 5.94. The molecule has 8 heteroatoms.